The molecule has 2 N–H and O–H groups in total. The van der Waals surface area contributed by atoms with Gasteiger partial charge < -0.3 is 15.0 Å². The first-order valence-corrected chi connectivity index (χ1v) is 11.4. The van der Waals surface area contributed by atoms with E-state index in [4.69, 9.17) is 4.98 Å². The van der Waals surface area contributed by atoms with Crippen LogP contribution in [0.2, 0.25) is 0 Å². The summed E-state index contributed by atoms with van der Waals surface area (Å²) in [6, 6.07) is 8.32. The van der Waals surface area contributed by atoms with Crippen molar-refractivity contribution in [1.82, 2.24) is 19.9 Å². The number of carbonyl (C=O) groups excluding carboxylic acids is 1. The maximum atomic E-state index is 12.7. The first kappa shape index (κ1) is 20.2. The number of aromatic nitrogens is 3. The van der Waals surface area contributed by atoms with Gasteiger partial charge in [-0.05, 0) is 61.4 Å². The highest BCUT2D eigenvalue weighted by molar-refractivity contribution is 5.83. The lowest BCUT2D eigenvalue weighted by atomic mass is 9.92. The van der Waals surface area contributed by atoms with Gasteiger partial charge in [0.25, 0.3) is 0 Å². The van der Waals surface area contributed by atoms with E-state index in [1.807, 2.05) is 30.1 Å². The van der Waals surface area contributed by atoms with Gasteiger partial charge in [0.1, 0.15) is 5.65 Å². The average Bonchev–Trinajstić information content (AvgIpc) is 3.54. The molecule has 0 radical (unpaired) electrons. The zero-order valence-corrected chi connectivity index (χ0v) is 18.1. The lowest BCUT2D eigenvalue weighted by Crippen LogP contribution is -2.45. The Morgan fingerprint density at radius 2 is 2.03 bits per heavy atom. The van der Waals surface area contributed by atoms with Gasteiger partial charge in [0.2, 0.25) is 5.91 Å². The van der Waals surface area contributed by atoms with E-state index in [1.165, 1.54) is 24.1 Å². The lowest BCUT2D eigenvalue weighted by Gasteiger charge is -2.28. The highest BCUT2D eigenvalue weighted by atomic mass is 16.3. The molecule has 31 heavy (non-hydrogen) atoms. The van der Waals surface area contributed by atoms with Crippen LogP contribution in [0.3, 0.4) is 0 Å². The molecule has 0 spiro atoms. The van der Waals surface area contributed by atoms with Crippen molar-refractivity contribution >= 4 is 16.9 Å². The standard InChI is InChI=1S/C25H30N4O2/c1-29-11-10-20-18(12-16-6-9-21(26-15-16)17-7-8-17)13-19(27-25(20)29)14-24(31)28-22-4-2-3-5-23(22)30/h6,9-11,13,15,17,22-23,30H,2-5,7-8,12,14H2,1H3,(H,28,31)/t22-,23-/m0/s1. The second-order valence-electron chi connectivity index (χ2n) is 9.18. The number of hydrogen-bond donors (Lipinski definition) is 2. The molecule has 0 aliphatic heterocycles. The normalized spacial score (nSPS) is 21.4. The number of rotatable bonds is 6. The molecule has 0 saturated heterocycles. The number of aliphatic hydroxyl groups is 1. The molecule has 1 amide bonds. The fourth-order valence-corrected chi connectivity index (χ4v) is 4.68. The van der Waals surface area contributed by atoms with Crippen LogP contribution >= 0.6 is 0 Å². The van der Waals surface area contributed by atoms with E-state index in [1.54, 1.807) is 0 Å². The van der Waals surface area contributed by atoms with Crippen LogP contribution in [0.25, 0.3) is 11.0 Å². The Hall–Kier alpha value is -2.73. The first-order chi connectivity index (χ1) is 15.1. The summed E-state index contributed by atoms with van der Waals surface area (Å²) in [6.45, 7) is 0. The number of hydrogen-bond acceptors (Lipinski definition) is 4. The highest BCUT2D eigenvalue weighted by Crippen LogP contribution is 2.38. The Kier molecular flexibility index (Phi) is 5.48. The molecular weight excluding hydrogens is 388 g/mol. The topological polar surface area (TPSA) is 80.0 Å². The Morgan fingerprint density at radius 1 is 1.19 bits per heavy atom. The lowest BCUT2D eigenvalue weighted by molar-refractivity contribution is -0.122. The van der Waals surface area contributed by atoms with E-state index < -0.39 is 6.10 Å². The van der Waals surface area contributed by atoms with Crippen LogP contribution in [0.15, 0.2) is 36.7 Å². The minimum Gasteiger partial charge on any atom is -0.391 e. The zero-order valence-electron chi connectivity index (χ0n) is 18.1. The van der Waals surface area contributed by atoms with Gasteiger partial charge in [0.05, 0.1) is 24.3 Å². The summed E-state index contributed by atoms with van der Waals surface area (Å²) in [5.41, 5.74) is 5.18. The third-order valence-electron chi connectivity index (χ3n) is 6.63. The van der Waals surface area contributed by atoms with Crippen LogP contribution in [0.1, 0.15) is 67.0 Å². The van der Waals surface area contributed by atoms with Crippen LogP contribution in [-0.4, -0.2) is 37.7 Å². The Balaban J connectivity index is 1.36. The zero-order chi connectivity index (χ0) is 21.4. The van der Waals surface area contributed by atoms with Crippen LogP contribution in [0.4, 0.5) is 0 Å². The summed E-state index contributed by atoms with van der Waals surface area (Å²) in [5, 5.41) is 14.3. The van der Waals surface area contributed by atoms with E-state index in [2.05, 4.69) is 28.5 Å². The molecule has 2 saturated carbocycles. The van der Waals surface area contributed by atoms with Crippen molar-refractivity contribution in [3.05, 3.63) is 59.2 Å². The number of aryl methyl sites for hydroxylation is 1. The molecule has 0 aromatic carbocycles. The van der Waals surface area contributed by atoms with Crippen molar-refractivity contribution in [2.75, 3.05) is 0 Å². The van der Waals surface area contributed by atoms with E-state index in [0.717, 1.165) is 54.4 Å². The third-order valence-corrected chi connectivity index (χ3v) is 6.63. The van der Waals surface area contributed by atoms with E-state index in [9.17, 15) is 9.90 Å². The molecule has 2 aliphatic rings. The molecule has 3 aromatic heterocycles. The molecule has 3 aromatic rings. The Bertz CT molecular complexity index is 1080. The maximum absolute atomic E-state index is 12.7. The van der Waals surface area contributed by atoms with E-state index in [-0.39, 0.29) is 18.4 Å². The number of nitrogens with one attached hydrogen (secondary N) is 1. The number of carbonyl (C=O) groups is 1. The van der Waals surface area contributed by atoms with Gasteiger partial charge in [-0.3, -0.25) is 9.78 Å². The largest absolute Gasteiger partial charge is 0.391 e. The maximum Gasteiger partial charge on any atom is 0.226 e. The number of aliphatic hydroxyl groups excluding tert-OH is 1. The summed E-state index contributed by atoms with van der Waals surface area (Å²) in [7, 11) is 1.98. The van der Waals surface area contributed by atoms with Crippen LogP contribution < -0.4 is 5.32 Å². The molecule has 6 nitrogen and oxygen atoms in total. The smallest absolute Gasteiger partial charge is 0.226 e. The summed E-state index contributed by atoms with van der Waals surface area (Å²) >= 11 is 0. The van der Waals surface area contributed by atoms with Crippen molar-refractivity contribution in [2.24, 2.45) is 7.05 Å². The minimum absolute atomic E-state index is 0.0755. The molecule has 6 heteroatoms. The van der Waals surface area contributed by atoms with Gasteiger partial charge in [-0.25, -0.2) is 4.98 Å². The Labute approximate surface area is 182 Å². The van der Waals surface area contributed by atoms with Gasteiger partial charge in [-0.1, -0.05) is 18.9 Å². The molecule has 0 unspecified atom stereocenters. The van der Waals surface area contributed by atoms with Crippen LogP contribution in [0.5, 0.6) is 0 Å². The second kappa shape index (κ2) is 8.42. The van der Waals surface area contributed by atoms with Gasteiger partial charge in [0, 0.05) is 36.4 Å². The molecule has 3 heterocycles. The monoisotopic (exact) mass is 418 g/mol. The minimum atomic E-state index is -0.442. The van der Waals surface area contributed by atoms with Crippen molar-refractivity contribution in [3.8, 4) is 0 Å². The molecule has 162 valence electrons. The van der Waals surface area contributed by atoms with Crippen molar-refractivity contribution < 1.29 is 9.90 Å². The van der Waals surface area contributed by atoms with Crippen molar-refractivity contribution in [2.45, 2.75) is 69.4 Å². The van der Waals surface area contributed by atoms with E-state index >= 15 is 0 Å². The molecule has 2 atom stereocenters. The fourth-order valence-electron chi connectivity index (χ4n) is 4.68. The number of fused-ring (bicyclic) bond motifs is 1. The SMILES string of the molecule is Cn1ccc2c(Cc3ccc(C4CC4)nc3)cc(CC(=O)N[C@H]3CCCC[C@@H]3O)nc21. The summed E-state index contributed by atoms with van der Waals surface area (Å²) in [5.74, 6) is 0.581. The van der Waals surface area contributed by atoms with Gasteiger partial charge in [-0.2, -0.15) is 0 Å². The van der Waals surface area contributed by atoms with Gasteiger partial charge >= 0.3 is 0 Å². The second-order valence-corrected chi connectivity index (χ2v) is 9.18. The Morgan fingerprint density at radius 3 is 2.77 bits per heavy atom. The number of pyridine rings is 2. The third kappa shape index (κ3) is 4.49. The molecule has 5 rings (SSSR count). The van der Waals surface area contributed by atoms with Crippen LogP contribution in [-0.2, 0) is 24.7 Å². The first-order valence-electron chi connectivity index (χ1n) is 11.4. The van der Waals surface area contributed by atoms with Gasteiger partial charge in [-0.15, -0.1) is 0 Å². The predicted molar refractivity (Wildman–Crippen MR) is 120 cm³/mol. The van der Waals surface area contributed by atoms with Crippen molar-refractivity contribution in [1.29, 1.82) is 0 Å². The predicted octanol–water partition coefficient (Wildman–Crippen LogP) is 3.40. The van der Waals surface area contributed by atoms with E-state index in [0.29, 0.717) is 5.92 Å². The van der Waals surface area contributed by atoms with Gasteiger partial charge in [0.15, 0.2) is 0 Å². The summed E-state index contributed by atoms with van der Waals surface area (Å²) in [4.78, 5) is 22.1. The van der Waals surface area contributed by atoms with Crippen molar-refractivity contribution in [3.63, 3.8) is 0 Å². The van der Waals surface area contributed by atoms with Crippen LogP contribution in [0, 0.1) is 0 Å². The highest BCUT2D eigenvalue weighted by Gasteiger charge is 2.25. The molecule has 0 bridgehead atoms. The average molecular weight is 419 g/mol. The number of nitrogens with zero attached hydrogens (tertiary/aromatic N) is 3. The number of amides is 1. The molecular formula is C25H30N4O2. The quantitative estimate of drug-likeness (QED) is 0.643. The molecule has 2 fully saturated rings. The fraction of sp³-hybridized carbons (Fsp3) is 0.480. The summed E-state index contributed by atoms with van der Waals surface area (Å²) < 4.78 is 2.00. The summed E-state index contributed by atoms with van der Waals surface area (Å²) in [6.07, 6.45) is 10.7. The molecule has 2 aliphatic carbocycles.